The van der Waals surface area contributed by atoms with Gasteiger partial charge in [-0.15, -0.1) is 0 Å². The molecular weight excluding hydrogens is 406 g/mol. The predicted octanol–water partition coefficient (Wildman–Crippen LogP) is 1.22. The van der Waals surface area contributed by atoms with E-state index in [-0.39, 0.29) is 6.61 Å². The molecule has 0 spiro atoms. The lowest BCUT2D eigenvalue weighted by atomic mass is 9.93. The van der Waals surface area contributed by atoms with Crippen molar-refractivity contribution in [2.24, 2.45) is 0 Å². The lowest BCUT2D eigenvalue weighted by molar-refractivity contribution is -0.139. The Morgan fingerprint density at radius 3 is 2.45 bits per heavy atom. The van der Waals surface area contributed by atoms with Crippen molar-refractivity contribution in [3.63, 3.8) is 0 Å². The van der Waals surface area contributed by atoms with Crippen LogP contribution in [0, 0.1) is 0 Å². The number of urea groups is 1. The lowest BCUT2D eigenvalue weighted by Gasteiger charge is -2.34. The van der Waals surface area contributed by atoms with Crippen LogP contribution in [0.5, 0.6) is 17.2 Å². The minimum absolute atomic E-state index is 0.205. The van der Waals surface area contributed by atoms with E-state index in [0.717, 1.165) is 0 Å². The van der Waals surface area contributed by atoms with E-state index in [0.29, 0.717) is 66.9 Å². The number of nitrogens with zero attached hydrogens (tertiary/aromatic N) is 1. The van der Waals surface area contributed by atoms with Crippen LogP contribution in [0.2, 0.25) is 0 Å². The van der Waals surface area contributed by atoms with Gasteiger partial charge in [-0.05, 0) is 19.1 Å². The van der Waals surface area contributed by atoms with Gasteiger partial charge in [0.2, 0.25) is 5.75 Å². The minimum atomic E-state index is -0.793. The van der Waals surface area contributed by atoms with Gasteiger partial charge >= 0.3 is 12.0 Å². The highest BCUT2D eigenvalue weighted by Crippen LogP contribution is 2.44. The molecule has 0 radical (unpaired) electrons. The highest BCUT2D eigenvalue weighted by Gasteiger charge is 2.37. The molecule has 2 aliphatic rings. The zero-order chi connectivity index (χ0) is 22.4. The van der Waals surface area contributed by atoms with Crippen LogP contribution in [0.25, 0.3) is 0 Å². The summed E-state index contributed by atoms with van der Waals surface area (Å²) in [4.78, 5) is 27.7. The van der Waals surface area contributed by atoms with Crippen LogP contribution in [0.1, 0.15) is 18.5 Å². The van der Waals surface area contributed by atoms with E-state index >= 15 is 0 Å². The van der Waals surface area contributed by atoms with Gasteiger partial charge in [0.05, 0.1) is 52.8 Å². The fraction of sp³-hybridized carbons (Fsp3) is 0.524. The molecule has 1 atom stereocenters. The molecule has 3 rings (SSSR count). The van der Waals surface area contributed by atoms with E-state index < -0.39 is 18.0 Å². The van der Waals surface area contributed by atoms with Crippen LogP contribution in [-0.4, -0.2) is 77.7 Å². The van der Waals surface area contributed by atoms with Crippen LogP contribution in [0.15, 0.2) is 23.4 Å². The first-order chi connectivity index (χ1) is 15.0. The number of esters is 1. The summed E-state index contributed by atoms with van der Waals surface area (Å²) in [5, 5.41) is 5.62. The molecule has 2 heterocycles. The quantitative estimate of drug-likeness (QED) is 0.587. The molecular formula is C21H29N3O7. The van der Waals surface area contributed by atoms with Crippen LogP contribution in [0.3, 0.4) is 0 Å². The van der Waals surface area contributed by atoms with Gasteiger partial charge in [0, 0.05) is 30.9 Å². The van der Waals surface area contributed by atoms with Gasteiger partial charge in [-0.2, -0.15) is 0 Å². The normalized spacial score (nSPS) is 19.4. The summed E-state index contributed by atoms with van der Waals surface area (Å²) in [6.45, 7) is 4.93. The van der Waals surface area contributed by atoms with Crippen molar-refractivity contribution in [3.05, 3.63) is 29.0 Å². The second-order valence-electron chi connectivity index (χ2n) is 6.96. The summed E-state index contributed by atoms with van der Waals surface area (Å²) >= 11 is 0. The SMILES string of the molecule is CCOC(=O)C1=C(CN2CCOCC2)NC(=O)NC1c1ccc(OC)c(OC)c1OC. The van der Waals surface area contributed by atoms with Crippen LogP contribution in [0.4, 0.5) is 4.79 Å². The largest absolute Gasteiger partial charge is 0.493 e. The van der Waals surface area contributed by atoms with Gasteiger partial charge in [-0.25, -0.2) is 9.59 Å². The number of morpholine rings is 1. The number of ether oxygens (including phenoxy) is 5. The molecule has 10 heteroatoms. The second kappa shape index (κ2) is 10.4. The number of benzene rings is 1. The van der Waals surface area contributed by atoms with Crippen molar-refractivity contribution in [2.75, 3.05) is 60.8 Å². The van der Waals surface area contributed by atoms with Crippen LogP contribution in [-0.2, 0) is 14.3 Å². The molecule has 170 valence electrons. The molecule has 2 amide bonds. The average molecular weight is 435 g/mol. The summed E-state index contributed by atoms with van der Waals surface area (Å²) in [7, 11) is 4.51. The van der Waals surface area contributed by atoms with Gasteiger partial charge in [0.1, 0.15) is 0 Å². The van der Waals surface area contributed by atoms with Gasteiger partial charge in [0.25, 0.3) is 0 Å². The Morgan fingerprint density at radius 2 is 1.84 bits per heavy atom. The van der Waals surface area contributed by atoms with E-state index in [2.05, 4.69) is 15.5 Å². The average Bonchev–Trinajstić information content (AvgIpc) is 2.78. The first kappa shape index (κ1) is 22.7. The van der Waals surface area contributed by atoms with Crippen molar-refractivity contribution >= 4 is 12.0 Å². The Bertz CT molecular complexity index is 850. The summed E-state index contributed by atoms with van der Waals surface area (Å²) in [6, 6.07) is 2.23. The Labute approximate surface area is 181 Å². The van der Waals surface area contributed by atoms with Gasteiger partial charge in [-0.1, -0.05) is 0 Å². The Hall–Kier alpha value is -2.98. The van der Waals surface area contributed by atoms with Gasteiger partial charge in [0.15, 0.2) is 11.5 Å². The number of amides is 2. The molecule has 0 bridgehead atoms. The third-order valence-electron chi connectivity index (χ3n) is 5.18. The predicted molar refractivity (Wildman–Crippen MR) is 111 cm³/mol. The summed E-state index contributed by atoms with van der Waals surface area (Å²) in [5.74, 6) is 0.688. The summed E-state index contributed by atoms with van der Waals surface area (Å²) in [6.07, 6.45) is 0. The molecule has 0 aliphatic carbocycles. The standard InChI is InChI=1S/C21H29N3O7/c1-5-31-20(25)16-14(12-24-8-10-30-11-9-24)22-21(26)23-17(16)13-6-7-15(27-2)19(29-4)18(13)28-3/h6-7,17H,5,8-12H2,1-4H3,(H2,22,23,26). The topological polar surface area (TPSA) is 108 Å². The van der Waals surface area contributed by atoms with Crippen molar-refractivity contribution < 1.29 is 33.3 Å². The van der Waals surface area contributed by atoms with E-state index in [1.807, 2.05) is 0 Å². The molecule has 0 aromatic heterocycles. The zero-order valence-electron chi connectivity index (χ0n) is 18.3. The molecule has 31 heavy (non-hydrogen) atoms. The molecule has 1 fully saturated rings. The maximum absolute atomic E-state index is 13.0. The fourth-order valence-electron chi connectivity index (χ4n) is 3.76. The molecule has 1 saturated heterocycles. The fourth-order valence-corrected chi connectivity index (χ4v) is 3.76. The maximum Gasteiger partial charge on any atom is 0.338 e. The Morgan fingerprint density at radius 1 is 1.13 bits per heavy atom. The molecule has 2 N–H and O–H groups in total. The first-order valence-electron chi connectivity index (χ1n) is 10.1. The number of rotatable bonds is 8. The number of methoxy groups -OCH3 is 3. The molecule has 1 aromatic rings. The second-order valence-corrected chi connectivity index (χ2v) is 6.96. The van der Waals surface area contributed by atoms with Crippen molar-refractivity contribution in [2.45, 2.75) is 13.0 Å². The minimum Gasteiger partial charge on any atom is -0.493 e. The zero-order valence-corrected chi connectivity index (χ0v) is 18.3. The molecule has 1 unspecified atom stereocenters. The number of carbonyl (C=O) groups excluding carboxylic acids is 2. The van der Waals surface area contributed by atoms with Crippen LogP contribution < -0.4 is 24.8 Å². The number of hydrogen-bond acceptors (Lipinski definition) is 8. The number of hydrogen-bond donors (Lipinski definition) is 2. The van der Waals surface area contributed by atoms with E-state index in [1.54, 1.807) is 19.1 Å². The Kier molecular flexibility index (Phi) is 7.59. The van der Waals surface area contributed by atoms with E-state index in [9.17, 15) is 9.59 Å². The van der Waals surface area contributed by atoms with Crippen molar-refractivity contribution in [1.82, 2.24) is 15.5 Å². The lowest BCUT2D eigenvalue weighted by Crippen LogP contribution is -2.49. The highest BCUT2D eigenvalue weighted by atomic mass is 16.5. The number of nitrogens with one attached hydrogen (secondary N) is 2. The van der Waals surface area contributed by atoms with Crippen molar-refractivity contribution in [3.8, 4) is 17.2 Å². The molecule has 10 nitrogen and oxygen atoms in total. The van der Waals surface area contributed by atoms with E-state index in [1.165, 1.54) is 21.3 Å². The molecule has 1 aromatic carbocycles. The smallest absolute Gasteiger partial charge is 0.338 e. The maximum atomic E-state index is 13.0. The summed E-state index contributed by atoms with van der Waals surface area (Å²) in [5.41, 5.74) is 1.36. The third kappa shape index (κ3) is 4.86. The molecule has 2 aliphatic heterocycles. The molecule has 0 saturated carbocycles. The van der Waals surface area contributed by atoms with Crippen molar-refractivity contribution in [1.29, 1.82) is 0 Å². The first-order valence-corrected chi connectivity index (χ1v) is 10.1. The van der Waals surface area contributed by atoms with Crippen LogP contribution >= 0.6 is 0 Å². The highest BCUT2D eigenvalue weighted by molar-refractivity contribution is 5.95. The van der Waals surface area contributed by atoms with Gasteiger partial charge in [-0.3, -0.25) is 4.90 Å². The third-order valence-corrected chi connectivity index (χ3v) is 5.18. The van der Waals surface area contributed by atoms with E-state index in [4.69, 9.17) is 23.7 Å². The monoisotopic (exact) mass is 435 g/mol. The Balaban J connectivity index is 2.11. The summed E-state index contributed by atoms with van der Waals surface area (Å²) < 4.78 is 27.2. The number of carbonyl (C=O) groups is 2. The van der Waals surface area contributed by atoms with Gasteiger partial charge < -0.3 is 34.3 Å².